The molecule has 41 heavy (non-hydrogen) atoms. The Balaban J connectivity index is 1.57. The summed E-state index contributed by atoms with van der Waals surface area (Å²) in [5, 5.41) is 92.0. The topological polar surface area (TPSA) is 216 Å². The number of hydrogen-bond donors (Lipinski definition) is 11. The number of rotatable bonds is 14. The molecule has 3 rings (SSSR count). The summed E-state index contributed by atoms with van der Waals surface area (Å²) in [7, 11) is 5.16. The molecule has 13 nitrogen and oxygen atoms in total. The summed E-state index contributed by atoms with van der Waals surface area (Å²) in [4.78, 5) is 0. The zero-order valence-electron chi connectivity index (χ0n) is 24.6. The monoisotopic (exact) mass is 593 g/mol. The molecule has 0 aromatic rings. The van der Waals surface area contributed by atoms with E-state index in [9.17, 15) is 40.9 Å². The zero-order valence-corrected chi connectivity index (χ0v) is 24.6. The molecule has 0 amide bonds. The minimum Gasteiger partial charge on any atom is -0.396 e. The van der Waals surface area contributed by atoms with Gasteiger partial charge in [0.05, 0.1) is 63.0 Å². The molecule has 3 saturated carbocycles. The van der Waals surface area contributed by atoms with E-state index in [1.807, 2.05) is 0 Å². The van der Waals surface area contributed by atoms with Gasteiger partial charge in [0, 0.05) is 61.5 Å². The maximum atomic E-state index is 11.3. The van der Waals surface area contributed by atoms with Crippen LogP contribution in [0.15, 0.2) is 0 Å². The van der Waals surface area contributed by atoms with Crippen LogP contribution >= 0.6 is 0 Å². The van der Waals surface area contributed by atoms with Gasteiger partial charge in [0.1, 0.15) is 0 Å². The molecule has 0 aromatic heterocycles. The van der Waals surface area contributed by atoms with Gasteiger partial charge in [-0.05, 0) is 52.2 Å². The second kappa shape index (κ2) is 16.5. The van der Waals surface area contributed by atoms with Crippen molar-refractivity contribution < 1.29 is 50.3 Å². The lowest BCUT2D eigenvalue weighted by atomic mass is 9.70. The molecule has 3 aliphatic rings. The highest BCUT2D eigenvalue weighted by atomic mass is 16.5. The third-order valence-corrected chi connectivity index (χ3v) is 10.2. The first-order chi connectivity index (χ1) is 19.7. The Labute approximate surface area is 243 Å². The van der Waals surface area contributed by atoms with Crippen molar-refractivity contribution in [1.82, 2.24) is 16.0 Å². The van der Waals surface area contributed by atoms with Gasteiger partial charge < -0.3 is 66.3 Å². The highest BCUT2D eigenvalue weighted by Gasteiger charge is 2.46. The average molecular weight is 594 g/mol. The van der Waals surface area contributed by atoms with Crippen LogP contribution < -0.4 is 16.0 Å². The van der Waals surface area contributed by atoms with Gasteiger partial charge in [-0.2, -0.15) is 0 Å². The number of hydrogen-bond acceptors (Lipinski definition) is 13. The van der Waals surface area contributed by atoms with Crippen molar-refractivity contribution in [3.8, 4) is 0 Å². The van der Waals surface area contributed by atoms with Gasteiger partial charge in [-0.3, -0.25) is 0 Å². The van der Waals surface area contributed by atoms with Gasteiger partial charge in [-0.1, -0.05) is 0 Å². The molecule has 0 aromatic carbocycles. The van der Waals surface area contributed by atoms with Gasteiger partial charge >= 0.3 is 0 Å². The van der Waals surface area contributed by atoms with Crippen molar-refractivity contribution >= 4 is 0 Å². The van der Waals surface area contributed by atoms with E-state index in [1.54, 1.807) is 21.1 Å². The van der Waals surface area contributed by atoms with E-state index >= 15 is 0 Å². The summed E-state index contributed by atoms with van der Waals surface area (Å²) in [5.74, 6) is -1.93. The molecular formula is C28H55N3O10. The second-order valence-electron chi connectivity index (χ2n) is 12.4. The van der Waals surface area contributed by atoms with Crippen LogP contribution in [0.2, 0.25) is 0 Å². The molecule has 0 bridgehead atoms. The van der Waals surface area contributed by atoms with Crippen LogP contribution in [0.3, 0.4) is 0 Å². The van der Waals surface area contributed by atoms with Crippen molar-refractivity contribution in [3.05, 3.63) is 0 Å². The number of aliphatic hydroxyl groups is 8. The van der Waals surface area contributed by atoms with E-state index in [0.29, 0.717) is 19.3 Å². The largest absolute Gasteiger partial charge is 0.396 e. The van der Waals surface area contributed by atoms with Gasteiger partial charge in [-0.25, -0.2) is 0 Å². The Hall–Kier alpha value is -0.520. The fourth-order valence-corrected chi connectivity index (χ4v) is 7.69. The van der Waals surface area contributed by atoms with E-state index in [-0.39, 0.29) is 87.8 Å². The molecule has 0 saturated heterocycles. The number of ether oxygens (including phenoxy) is 2. The van der Waals surface area contributed by atoms with E-state index in [1.165, 1.54) is 0 Å². The molecule has 11 N–H and O–H groups in total. The summed E-state index contributed by atoms with van der Waals surface area (Å²) >= 11 is 0. The molecule has 3 fully saturated rings. The second-order valence-corrected chi connectivity index (χ2v) is 12.4. The third-order valence-electron chi connectivity index (χ3n) is 10.2. The maximum absolute atomic E-state index is 11.3. The standard InChI is InChI=1S/C28H55N3O10/c1-29-22-17(10-40-13-20-15(8-33)6-21(35)24(31-3)27(20)38)4-14(7-32)19(26(22)37)12-41-11-18-5-16(9-34)25(36)28(39)23(18)30-2/h14-39H,4-13H2,1-3H3/t14?,15?,16?,17-,18-,19-,20-,21+,22?,23?,24?,25-,26-,27-,28+/m0/s1. The summed E-state index contributed by atoms with van der Waals surface area (Å²) < 4.78 is 12.1. The Morgan fingerprint density at radius 2 is 0.902 bits per heavy atom. The fraction of sp³-hybridized carbons (Fsp3) is 1.00. The highest BCUT2D eigenvalue weighted by molar-refractivity contribution is 4.99. The van der Waals surface area contributed by atoms with Crippen LogP contribution in [-0.4, -0.2) is 157 Å². The fourth-order valence-electron chi connectivity index (χ4n) is 7.69. The maximum Gasteiger partial charge on any atom is 0.0958 e. The summed E-state index contributed by atoms with van der Waals surface area (Å²) in [6.07, 6.45) is -3.08. The minimum atomic E-state index is -1.03. The summed E-state index contributed by atoms with van der Waals surface area (Å²) in [5.41, 5.74) is 0. The quantitative estimate of drug-likeness (QED) is 0.0929. The van der Waals surface area contributed by atoms with Gasteiger partial charge in [0.2, 0.25) is 0 Å². The van der Waals surface area contributed by atoms with Crippen LogP contribution in [0.5, 0.6) is 0 Å². The number of aliphatic hydroxyl groups excluding tert-OH is 8. The van der Waals surface area contributed by atoms with Gasteiger partial charge in [0.25, 0.3) is 0 Å². The summed E-state index contributed by atoms with van der Waals surface area (Å²) in [6.45, 7) is 0.425. The number of nitrogens with one attached hydrogen (secondary N) is 3. The molecule has 15 atom stereocenters. The van der Waals surface area contributed by atoms with Crippen LogP contribution in [0.4, 0.5) is 0 Å². The van der Waals surface area contributed by atoms with Crippen LogP contribution in [0.25, 0.3) is 0 Å². The Kier molecular flexibility index (Phi) is 14.1. The lowest BCUT2D eigenvalue weighted by Crippen LogP contribution is -2.59. The highest BCUT2D eigenvalue weighted by Crippen LogP contribution is 2.37. The lowest BCUT2D eigenvalue weighted by molar-refractivity contribution is -0.121. The van der Waals surface area contributed by atoms with Crippen LogP contribution in [-0.2, 0) is 9.47 Å². The van der Waals surface area contributed by atoms with Crippen molar-refractivity contribution in [2.45, 2.75) is 67.9 Å². The molecule has 6 unspecified atom stereocenters. The Morgan fingerprint density at radius 3 is 1.37 bits per heavy atom. The van der Waals surface area contributed by atoms with Gasteiger partial charge in [-0.15, -0.1) is 0 Å². The zero-order chi connectivity index (χ0) is 30.3. The van der Waals surface area contributed by atoms with Crippen LogP contribution in [0, 0.1) is 41.4 Å². The smallest absolute Gasteiger partial charge is 0.0958 e. The van der Waals surface area contributed by atoms with Crippen molar-refractivity contribution in [3.63, 3.8) is 0 Å². The van der Waals surface area contributed by atoms with Crippen molar-refractivity contribution in [2.24, 2.45) is 41.4 Å². The molecular weight excluding hydrogens is 538 g/mol. The van der Waals surface area contributed by atoms with E-state index in [4.69, 9.17) is 9.47 Å². The average Bonchev–Trinajstić information content (AvgIpc) is 2.96. The third kappa shape index (κ3) is 7.96. The molecule has 3 aliphatic carbocycles. The predicted molar refractivity (Wildman–Crippen MR) is 150 cm³/mol. The SMILES string of the molecule is CNC1[C@H](COC[C@H]2C(CO)C[C@@H](COC[C@H]3C(CO)C[C@@H](O)C(NC)[C@H]3O)C(NC)[C@H]2O)CC(CO)[C@H](O)[C@@H]1O. The molecule has 0 spiro atoms. The molecule has 0 heterocycles. The van der Waals surface area contributed by atoms with Crippen molar-refractivity contribution in [2.75, 3.05) is 67.4 Å². The van der Waals surface area contributed by atoms with Crippen molar-refractivity contribution in [1.29, 1.82) is 0 Å². The Morgan fingerprint density at radius 1 is 0.488 bits per heavy atom. The number of likely N-dealkylation sites (N-methyl/N-ethyl adjacent to an activating group) is 3. The van der Waals surface area contributed by atoms with E-state index < -0.39 is 48.5 Å². The minimum absolute atomic E-state index is 0.114. The van der Waals surface area contributed by atoms with Crippen LogP contribution in [0.1, 0.15) is 19.3 Å². The normalized spacial score (nSPS) is 45.6. The first-order valence-corrected chi connectivity index (χ1v) is 15.1. The molecule has 0 radical (unpaired) electrons. The molecule has 242 valence electrons. The summed E-state index contributed by atoms with van der Waals surface area (Å²) in [6, 6.07) is -1.23. The first-order valence-electron chi connectivity index (χ1n) is 15.1. The lowest BCUT2D eigenvalue weighted by Gasteiger charge is -2.46. The first kappa shape index (κ1) is 35.0. The van der Waals surface area contributed by atoms with Gasteiger partial charge in [0.15, 0.2) is 0 Å². The predicted octanol–water partition coefficient (Wildman–Crippen LogP) is -3.91. The molecule has 0 aliphatic heterocycles. The van der Waals surface area contributed by atoms with E-state index in [0.717, 1.165) is 0 Å². The Bertz CT molecular complexity index is 756. The van der Waals surface area contributed by atoms with E-state index in [2.05, 4.69) is 16.0 Å². The molecule has 13 heteroatoms.